The van der Waals surface area contributed by atoms with Crippen molar-refractivity contribution in [3.05, 3.63) is 30.1 Å². The molecule has 3 rings (SSSR count). The molecule has 2 heterocycles. The zero-order chi connectivity index (χ0) is 15.0. The van der Waals surface area contributed by atoms with Gasteiger partial charge in [-0.1, -0.05) is 0 Å². The van der Waals surface area contributed by atoms with E-state index in [4.69, 9.17) is 9.97 Å². The van der Waals surface area contributed by atoms with E-state index >= 15 is 0 Å². The van der Waals surface area contributed by atoms with Gasteiger partial charge in [0.15, 0.2) is 0 Å². The molecule has 3 aromatic rings. The number of pyridine rings is 1. The van der Waals surface area contributed by atoms with Gasteiger partial charge >= 0.3 is 134 Å². The Bertz CT molecular complexity index is 789. The van der Waals surface area contributed by atoms with Gasteiger partial charge in [-0.25, -0.2) is 0 Å². The monoisotopic (exact) mass is 343 g/mol. The topological polar surface area (TPSA) is 30.7 Å². The van der Waals surface area contributed by atoms with E-state index in [9.17, 15) is 0 Å². The fourth-order valence-corrected chi connectivity index (χ4v) is 3.60. The molecule has 0 aliphatic rings. The van der Waals surface area contributed by atoms with Crippen LogP contribution in [0.15, 0.2) is 24.3 Å². The fourth-order valence-electron chi connectivity index (χ4n) is 2.88. The normalized spacial score (nSPS) is 11.9. The summed E-state index contributed by atoms with van der Waals surface area (Å²) in [5.41, 5.74) is 3.45. The number of aromatic nitrogens is 3. The molecule has 1 atom stereocenters. The minimum atomic E-state index is 0.607. The Hall–Kier alpha value is -1.34. The Kier molecular flexibility index (Phi) is 4.03. The summed E-state index contributed by atoms with van der Waals surface area (Å²) in [6, 6.07) is 8.43. The van der Waals surface area contributed by atoms with Gasteiger partial charge in [-0.05, 0) is 0 Å². The van der Waals surface area contributed by atoms with Crippen LogP contribution in [-0.4, -0.2) is 31.4 Å². The Morgan fingerprint density at radius 1 is 1.19 bits per heavy atom. The first-order valence-corrected chi connectivity index (χ1v) is 8.86. The molecule has 0 aliphatic carbocycles. The van der Waals surface area contributed by atoms with E-state index in [0.717, 1.165) is 34.9 Å². The zero-order valence-electron chi connectivity index (χ0n) is 12.9. The summed E-state index contributed by atoms with van der Waals surface area (Å²) in [6.07, 6.45) is 2.15. The number of aryl methyl sites for hydroxylation is 1. The van der Waals surface area contributed by atoms with Crippen LogP contribution >= 0.6 is 0 Å². The quantitative estimate of drug-likeness (QED) is 0.682. The maximum atomic E-state index is 4.92. The third kappa shape index (κ3) is 2.60. The van der Waals surface area contributed by atoms with Crippen molar-refractivity contribution in [2.24, 2.45) is 5.92 Å². The van der Waals surface area contributed by atoms with E-state index < -0.39 is 0 Å². The van der Waals surface area contributed by atoms with Crippen molar-refractivity contribution in [3.8, 4) is 0 Å². The number of hydrogen-bond acceptors (Lipinski definition) is 2. The zero-order valence-corrected chi connectivity index (χ0v) is 15.3. The second-order valence-electron chi connectivity index (χ2n) is 5.99. The van der Waals surface area contributed by atoms with Crippen LogP contribution in [0.25, 0.3) is 21.9 Å². The third-order valence-corrected chi connectivity index (χ3v) is 4.56. The molecule has 0 spiro atoms. The molecule has 0 fully saturated rings. The van der Waals surface area contributed by atoms with Crippen molar-refractivity contribution in [1.82, 2.24) is 14.5 Å². The van der Waals surface area contributed by atoms with Crippen LogP contribution in [-0.2, 0) is 13.0 Å². The van der Waals surface area contributed by atoms with Gasteiger partial charge in [-0.15, -0.1) is 0 Å². The number of nitrogens with zero attached hydrogens (tertiary/aromatic N) is 3. The van der Waals surface area contributed by atoms with E-state index in [1.165, 1.54) is 16.7 Å². The molecule has 2 aromatic heterocycles. The van der Waals surface area contributed by atoms with Crippen molar-refractivity contribution in [2.75, 3.05) is 0 Å². The molecule has 0 aliphatic heterocycles. The van der Waals surface area contributed by atoms with Crippen LogP contribution in [0.4, 0.5) is 0 Å². The summed E-state index contributed by atoms with van der Waals surface area (Å²) in [7, 11) is 0. The summed E-state index contributed by atoms with van der Waals surface area (Å²) < 4.78 is 3.52. The van der Waals surface area contributed by atoms with Gasteiger partial charge in [-0.3, -0.25) is 0 Å². The molecular weight excluding hydrogens is 321 g/mol. The van der Waals surface area contributed by atoms with Crippen molar-refractivity contribution in [2.45, 2.75) is 40.2 Å². The molecule has 0 radical (unpaired) electrons. The molecule has 110 valence electrons. The molecule has 0 amide bonds. The van der Waals surface area contributed by atoms with Crippen molar-refractivity contribution < 1.29 is 0 Å². The van der Waals surface area contributed by atoms with Crippen LogP contribution in [0, 0.1) is 5.92 Å². The van der Waals surface area contributed by atoms with Gasteiger partial charge in [0.1, 0.15) is 0 Å². The fraction of sp³-hybridized carbons (Fsp3) is 0.412. The number of benzene rings is 1. The first-order valence-electron chi connectivity index (χ1n) is 7.65. The van der Waals surface area contributed by atoms with Gasteiger partial charge < -0.3 is 0 Å². The molecule has 4 heteroatoms. The Balaban J connectivity index is 2.39. The van der Waals surface area contributed by atoms with Gasteiger partial charge in [0, 0.05) is 0 Å². The van der Waals surface area contributed by atoms with Crippen LogP contribution in [0.2, 0.25) is 0 Å². The van der Waals surface area contributed by atoms with Crippen LogP contribution in [0.3, 0.4) is 0 Å². The number of imidazole rings is 1. The maximum absolute atomic E-state index is 4.92. The third-order valence-electron chi connectivity index (χ3n) is 3.71. The number of hydrogen-bond donors (Lipinski definition) is 0. The van der Waals surface area contributed by atoms with Gasteiger partial charge in [-0.2, -0.15) is 0 Å². The number of para-hydroxylation sites is 1. The molecule has 21 heavy (non-hydrogen) atoms. The molecule has 3 nitrogen and oxygen atoms in total. The summed E-state index contributed by atoms with van der Waals surface area (Å²) in [5.74, 6) is 1.81. The van der Waals surface area contributed by atoms with Crippen molar-refractivity contribution >= 4 is 43.3 Å². The second kappa shape index (κ2) is 5.80. The van der Waals surface area contributed by atoms with Crippen LogP contribution in [0.5, 0.6) is 0 Å². The Morgan fingerprint density at radius 2 is 1.95 bits per heavy atom. The molecular formula is C17H22AsN3. The predicted octanol–water partition coefficient (Wildman–Crippen LogP) is 2.45. The molecule has 1 aromatic carbocycles. The van der Waals surface area contributed by atoms with E-state index in [-0.39, 0.29) is 0 Å². The first-order chi connectivity index (χ1) is 10.1. The summed E-state index contributed by atoms with van der Waals surface area (Å²) in [6.45, 7) is 7.77. The average Bonchev–Trinajstić information content (AvgIpc) is 2.79. The van der Waals surface area contributed by atoms with Crippen LogP contribution in [0.1, 0.15) is 33.0 Å². The van der Waals surface area contributed by atoms with Crippen molar-refractivity contribution in [1.29, 1.82) is 0 Å². The average molecular weight is 343 g/mol. The molecule has 0 saturated heterocycles. The van der Waals surface area contributed by atoms with E-state index in [1.807, 2.05) is 0 Å². The molecule has 0 saturated carbocycles. The number of fused-ring (bicyclic) bond motifs is 3. The van der Waals surface area contributed by atoms with Gasteiger partial charge in [0.25, 0.3) is 0 Å². The van der Waals surface area contributed by atoms with Gasteiger partial charge in [0.05, 0.1) is 0 Å². The minimum absolute atomic E-state index is 0.607. The van der Waals surface area contributed by atoms with Crippen molar-refractivity contribution in [3.63, 3.8) is 0 Å². The molecule has 0 N–H and O–H groups in total. The standard InChI is InChI=1S/C17H22AsN3/c1-4-7-14-20-15-16(21(14)10-11(2)3)12-8-5-6-9-13(12)19-17(15)18/h5-6,8-9,11H,4,7,10,18H2,1-3H3. The summed E-state index contributed by atoms with van der Waals surface area (Å²) >= 11 is 1.56. The molecule has 1 unspecified atom stereocenters. The van der Waals surface area contributed by atoms with E-state index in [0.29, 0.717) is 5.92 Å². The predicted molar refractivity (Wildman–Crippen MR) is 92.0 cm³/mol. The summed E-state index contributed by atoms with van der Waals surface area (Å²) in [5, 5.41) is 1.23. The molecule has 0 bridgehead atoms. The Labute approximate surface area is 134 Å². The van der Waals surface area contributed by atoms with E-state index in [1.54, 1.807) is 16.9 Å². The second-order valence-corrected chi connectivity index (χ2v) is 7.14. The summed E-state index contributed by atoms with van der Waals surface area (Å²) in [4.78, 5) is 9.67. The SMILES string of the molecule is CCCc1nc2c([AsH2])nc3ccccc3c2n1CC(C)C. The van der Waals surface area contributed by atoms with E-state index in [2.05, 4.69) is 49.6 Å². The first kappa shape index (κ1) is 14.6. The van der Waals surface area contributed by atoms with Gasteiger partial charge in [0.2, 0.25) is 0 Å². The van der Waals surface area contributed by atoms with Crippen LogP contribution < -0.4 is 4.48 Å². The Morgan fingerprint density at radius 3 is 2.67 bits per heavy atom. The number of rotatable bonds is 4.